The summed E-state index contributed by atoms with van der Waals surface area (Å²) in [5.74, 6) is 0.923. The molecule has 0 aromatic heterocycles. The lowest BCUT2D eigenvalue weighted by Crippen LogP contribution is -2.32. The first kappa shape index (κ1) is 13.3. The fraction of sp³-hybridized carbons (Fsp3) is 0.550. The van der Waals surface area contributed by atoms with Gasteiger partial charge in [0.15, 0.2) is 5.78 Å². The summed E-state index contributed by atoms with van der Waals surface area (Å²) in [5.41, 5.74) is 5.36. The Morgan fingerprint density at radius 1 is 1.10 bits per heavy atom. The van der Waals surface area contributed by atoms with Crippen molar-refractivity contribution in [3.8, 4) is 0 Å². The number of hydrogen-bond acceptors (Lipinski definition) is 1. The Kier molecular flexibility index (Phi) is 2.59. The third kappa shape index (κ3) is 1.50. The molecule has 0 saturated heterocycles. The predicted molar refractivity (Wildman–Crippen MR) is 85.9 cm³/mol. The first-order chi connectivity index (χ1) is 9.97. The number of benzene rings is 1. The topological polar surface area (TPSA) is 17.1 Å². The van der Waals surface area contributed by atoms with Crippen LogP contribution in [0.4, 0.5) is 0 Å². The van der Waals surface area contributed by atoms with Crippen LogP contribution in [0, 0.1) is 16.7 Å². The lowest BCUT2D eigenvalue weighted by molar-refractivity contribution is -0.125. The van der Waals surface area contributed by atoms with Gasteiger partial charge in [0.25, 0.3) is 0 Å². The van der Waals surface area contributed by atoms with Crippen molar-refractivity contribution in [1.29, 1.82) is 0 Å². The monoisotopic (exact) mass is 280 g/mol. The third-order valence-corrected chi connectivity index (χ3v) is 6.86. The Morgan fingerprint density at radius 2 is 1.86 bits per heavy atom. The molecule has 2 unspecified atom stereocenters. The van der Waals surface area contributed by atoms with Crippen molar-refractivity contribution in [3.05, 3.63) is 41.0 Å². The Balaban J connectivity index is 1.94. The minimum atomic E-state index is -0.133. The van der Waals surface area contributed by atoms with Crippen molar-refractivity contribution in [3.63, 3.8) is 0 Å². The first-order valence-corrected chi connectivity index (χ1v) is 8.33. The van der Waals surface area contributed by atoms with Crippen molar-refractivity contribution in [2.45, 2.75) is 52.9 Å². The second-order valence-corrected chi connectivity index (χ2v) is 7.88. The molecule has 4 rings (SSSR count). The number of rotatable bonds is 0. The van der Waals surface area contributed by atoms with Crippen LogP contribution in [-0.4, -0.2) is 5.78 Å². The number of aryl methyl sites for hydroxylation is 1. The van der Waals surface area contributed by atoms with E-state index in [1.165, 1.54) is 35.1 Å². The zero-order chi connectivity index (χ0) is 14.8. The van der Waals surface area contributed by atoms with Crippen LogP contribution in [0.1, 0.15) is 57.6 Å². The molecule has 0 radical (unpaired) electrons. The number of allylic oxidation sites excluding steroid dienone is 2. The van der Waals surface area contributed by atoms with Crippen LogP contribution < -0.4 is 0 Å². The van der Waals surface area contributed by atoms with E-state index in [0.29, 0.717) is 11.7 Å². The van der Waals surface area contributed by atoms with Gasteiger partial charge in [-0.05, 0) is 60.1 Å². The fourth-order valence-corrected chi connectivity index (χ4v) is 5.12. The zero-order valence-electron chi connectivity index (χ0n) is 13.3. The highest BCUT2D eigenvalue weighted by molar-refractivity contribution is 6.10. The van der Waals surface area contributed by atoms with Crippen LogP contribution in [0.5, 0.6) is 0 Å². The van der Waals surface area contributed by atoms with Gasteiger partial charge in [0, 0.05) is 11.0 Å². The van der Waals surface area contributed by atoms with Crippen LogP contribution in [0.15, 0.2) is 29.8 Å². The van der Waals surface area contributed by atoms with Gasteiger partial charge in [0.05, 0.1) is 0 Å². The van der Waals surface area contributed by atoms with E-state index in [1.54, 1.807) is 0 Å². The van der Waals surface area contributed by atoms with Gasteiger partial charge in [-0.1, -0.05) is 45.0 Å². The van der Waals surface area contributed by atoms with Crippen LogP contribution in [0.25, 0.3) is 5.57 Å². The average Bonchev–Trinajstić information content (AvgIpc) is 2.79. The summed E-state index contributed by atoms with van der Waals surface area (Å²) >= 11 is 0. The summed E-state index contributed by atoms with van der Waals surface area (Å²) in [6.45, 7) is 6.83. The molecule has 3 aliphatic carbocycles. The van der Waals surface area contributed by atoms with Crippen LogP contribution >= 0.6 is 0 Å². The molecule has 0 spiro atoms. The van der Waals surface area contributed by atoms with Gasteiger partial charge >= 0.3 is 0 Å². The minimum absolute atomic E-state index is 0.124. The molecule has 0 amide bonds. The van der Waals surface area contributed by atoms with Gasteiger partial charge in [0.2, 0.25) is 0 Å². The summed E-state index contributed by atoms with van der Waals surface area (Å²) in [6.07, 6.45) is 5.69. The summed E-state index contributed by atoms with van der Waals surface area (Å²) in [5, 5.41) is 0. The van der Waals surface area contributed by atoms with E-state index >= 15 is 0 Å². The number of carbonyl (C=O) groups excluding carboxylic acids is 1. The van der Waals surface area contributed by atoms with Crippen molar-refractivity contribution in [1.82, 2.24) is 0 Å². The maximum Gasteiger partial charge on any atom is 0.165 e. The van der Waals surface area contributed by atoms with E-state index in [4.69, 9.17) is 0 Å². The van der Waals surface area contributed by atoms with Gasteiger partial charge in [0.1, 0.15) is 0 Å². The molecule has 1 aromatic carbocycles. The summed E-state index contributed by atoms with van der Waals surface area (Å²) in [4.78, 5) is 13.2. The second-order valence-electron chi connectivity index (χ2n) is 7.88. The lowest BCUT2D eigenvalue weighted by Gasteiger charge is -2.31. The van der Waals surface area contributed by atoms with E-state index < -0.39 is 0 Å². The Hall–Kier alpha value is -1.37. The molecular weight excluding hydrogens is 256 g/mol. The highest BCUT2D eigenvalue weighted by Crippen LogP contribution is 2.67. The molecule has 0 aliphatic heterocycles. The van der Waals surface area contributed by atoms with Crippen molar-refractivity contribution in [2.75, 3.05) is 0 Å². The molecule has 110 valence electrons. The molecule has 3 aliphatic rings. The quantitative estimate of drug-likeness (QED) is 0.624. The van der Waals surface area contributed by atoms with Crippen molar-refractivity contribution in [2.24, 2.45) is 16.7 Å². The van der Waals surface area contributed by atoms with Crippen molar-refractivity contribution >= 4 is 11.4 Å². The molecule has 1 aromatic rings. The highest BCUT2D eigenvalue weighted by atomic mass is 16.1. The Morgan fingerprint density at radius 3 is 2.57 bits per heavy atom. The summed E-state index contributed by atoms with van der Waals surface area (Å²) < 4.78 is 0. The van der Waals surface area contributed by atoms with Gasteiger partial charge in [-0.15, -0.1) is 0 Å². The highest BCUT2D eigenvalue weighted by Gasteiger charge is 2.64. The SMILES string of the molecule is CC12CCC(C(=C3CCCc4ccccc43)C1=O)C2(C)C. The number of ketones is 1. The van der Waals surface area contributed by atoms with Gasteiger partial charge < -0.3 is 0 Å². The maximum absolute atomic E-state index is 13.2. The molecule has 2 saturated carbocycles. The van der Waals surface area contributed by atoms with E-state index in [-0.39, 0.29) is 10.8 Å². The number of hydrogen-bond donors (Lipinski definition) is 0. The van der Waals surface area contributed by atoms with Crippen LogP contribution in [0.2, 0.25) is 0 Å². The van der Waals surface area contributed by atoms with E-state index in [0.717, 1.165) is 19.3 Å². The molecular formula is C20H24O. The molecule has 2 fully saturated rings. The predicted octanol–water partition coefficient (Wildman–Crippen LogP) is 4.80. The zero-order valence-corrected chi connectivity index (χ0v) is 13.3. The van der Waals surface area contributed by atoms with Gasteiger partial charge in [-0.25, -0.2) is 0 Å². The molecule has 1 nitrogen and oxygen atoms in total. The molecule has 2 atom stereocenters. The summed E-state index contributed by atoms with van der Waals surface area (Å²) in [7, 11) is 0. The van der Waals surface area contributed by atoms with E-state index in [9.17, 15) is 4.79 Å². The Bertz CT molecular complexity index is 664. The second kappa shape index (κ2) is 4.09. The van der Waals surface area contributed by atoms with Gasteiger partial charge in [-0.2, -0.15) is 0 Å². The largest absolute Gasteiger partial charge is 0.294 e. The first-order valence-electron chi connectivity index (χ1n) is 8.33. The molecule has 0 heterocycles. The molecule has 2 bridgehead atoms. The fourth-order valence-electron chi connectivity index (χ4n) is 5.12. The maximum atomic E-state index is 13.2. The van der Waals surface area contributed by atoms with E-state index in [1.807, 2.05) is 0 Å². The standard InChI is InChI=1S/C20H24O/c1-19(2)16-11-12-20(19,3)18(21)17(16)15-10-6-8-13-7-4-5-9-14(13)15/h4-5,7,9,16H,6,8,10-12H2,1-3H3. The number of Topliss-reactive ketones (excluding diaryl/α,β-unsaturated/α-hetero) is 1. The third-order valence-electron chi connectivity index (χ3n) is 6.86. The molecule has 0 N–H and O–H groups in total. The number of fused-ring (bicyclic) bond motifs is 3. The van der Waals surface area contributed by atoms with E-state index in [2.05, 4.69) is 45.0 Å². The average molecular weight is 280 g/mol. The van der Waals surface area contributed by atoms with Gasteiger partial charge in [-0.3, -0.25) is 4.79 Å². The molecule has 21 heavy (non-hydrogen) atoms. The Labute approximate surface area is 127 Å². The van der Waals surface area contributed by atoms with Crippen LogP contribution in [-0.2, 0) is 11.2 Å². The van der Waals surface area contributed by atoms with Crippen molar-refractivity contribution < 1.29 is 4.79 Å². The normalized spacial score (nSPS) is 36.9. The van der Waals surface area contributed by atoms with Crippen LogP contribution in [0.3, 0.4) is 0 Å². The number of carbonyl (C=O) groups is 1. The smallest absolute Gasteiger partial charge is 0.165 e. The molecule has 1 heteroatoms. The lowest BCUT2D eigenvalue weighted by atomic mass is 9.70. The summed E-state index contributed by atoms with van der Waals surface area (Å²) in [6, 6.07) is 8.71. The minimum Gasteiger partial charge on any atom is -0.294 e.